The molecule has 3 N–H and O–H groups in total. The molecule has 5 unspecified atom stereocenters. The molecular formula is C39H42FN5O3. The summed E-state index contributed by atoms with van der Waals surface area (Å²) in [4.78, 5) is 14.4. The van der Waals surface area contributed by atoms with Crippen molar-refractivity contribution in [1.29, 1.82) is 0 Å². The number of likely N-dealkylation sites (tertiary alicyclic amines) is 1. The highest BCUT2D eigenvalue weighted by Gasteiger charge is 2.49. The van der Waals surface area contributed by atoms with Gasteiger partial charge in [0, 0.05) is 73.5 Å². The Labute approximate surface area is 281 Å². The van der Waals surface area contributed by atoms with Gasteiger partial charge in [0.05, 0.1) is 12.7 Å². The summed E-state index contributed by atoms with van der Waals surface area (Å²) in [5.74, 6) is 6.27. The van der Waals surface area contributed by atoms with Gasteiger partial charge in [0.25, 0.3) is 0 Å². The molecule has 0 radical (unpaired) electrons. The second-order valence-corrected chi connectivity index (χ2v) is 14.7. The van der Waals surface area contributed by atoms with E-state index in [9.17, 15) is 10.2 Å². The maximum absolute atomic E-state index is 16.9. The molecule has 48 heavy (non-hydrogen) atoms. The Bertz CT molecular complexity index is 1850. The Hall–Kier alpha value is -4.15. The summed E-state index contributed by atoms with van der Waals surface area (Å²) in [7, 11) is 0. The Kier molecular flexibility index (Phi) is 8.03. The van der Waals surface area contributed by atoms with Crippen LogP contribution in [0.3, 0.4) is 0 Å². The number of anilines is 1. The molecule has 0 amide bonds. The maximum atomic E-state index is 16.9. The van der Waals surface area contributed by atoms with Crippen molar-refractivity contribution in [1.82, 2.24) is 20.2 Å². The monoisotopic (exact) mass is 647 g/mol. The van der Waals surface area contributed by atoms with E-state index in [1.54, 1.807) is 24.3 Å². The van der Waals surface area contributed by atoms with Gasteiger partial charge < -0.3 is 30.1 Å². The number of ether oxygens (including phenoxy) is 1. The van der Waals surface area contributed by atoms with E-state index >= 15 is 4.39 Å². The van der Waals surface area contributed by atoms with Crippen LogP contribution in [0, 0.1) is 47.8 Å². The molecule has 8 nitrogen and oxygen atoms in total. The van der Waals surface area contributed by atoms with Gasteiger partial charge in [0.1, 0.15) is 17.1 Å². The van der Waals surface area contributed by atoms with E-state index < -0.39 is 5.82 Å². The molecule has 248 valence electrons. The Balaban J connectivity index is 1.15. The average Bonchev–Trinajstić information content (AvgIpc) is 3.40. The number of aromatic hydroxyl groups is 1. The van der Waals surface area contributed by atoms with Gasteiger partial charge >= 0.3 is 6.01 Å². The van der Waals surface area contributed by atoms with Crippen molar-refractivity contribution in [2.24, 2.45) is 17.3 Å². The number of benzene rings is 2. The first-order chi connectivity index (χ1) is 23.3. The van der Waals surface area contributed by atoms with Crippen LogP contribution in [0.4, 0.5) is 10.2 Å². The first-order valence-corrected chi connectivity index (χ1v) is 17.3. The number of fused-ring (bicyclic) bond motifs is 4. The molecule has 1 aromatic heterocycles. The topological polar surface area (TPSA) is 94.0 Å². The molecule has 5 aliphatic rings. The molecule has 2 aliphatic carbocycles. The lowest BCUT2D eigenvalue weighted by Crippen LogP contribution is -2.51. The Morgan fingerprint density at radius 3 is 2.58 bits per heavy atom. The number of piperazine rings is 1. The first-order valence-electron chi connectivity index (χ1n) is 17.3. The number of rotatable bonds is 9. The van der Waals surface area contributed by atoms with Gasteiger partial charge in [-0.15, -0.1) is 18.8 Å². The lowest BCUT2D eigenvalue weighted by Gasteiger charge is -2.34. The minimum absolute atomic E-state index is 0.0171. The van der Waals surface area contributed by atoms with E-state index in [1.807, 2.05) is 6.07 Å². The Morgan fingerprint density at radius 1 is 1.04 bits per heavy atom. The number of allylic oxidation sites excluding steroid dienone is 1. The van der Waals surface area contributed by atoms with Crippen molar-refractivity contribution < 1.29 is 19.3 Å². The molecule has 4 heterocycles. The van der Waals surface area contributed by atoms with Crippen LogP contribution in [0.25, 0.3) is 28.1 Å². The van der Waals surface area contributed by atoms with E-state index in [1.165, 1.54) is 6.08 Å². The molecule has 2 saturated carbocycles. The van der Waals surface area contributed by atoms with Crippen LogP contribution in [0.1, 0.15) is 49.7 Å². The summed E-state index contributed by atoms with van der Waals surface area (Å²) in [6, 6.07) is 7.63. The number of phenols is 1. The molecule has 3 saturated heterocycles. The van der Waals surface area contributed by atoms with Crippen molar-refractivity contribution in [3.8, 4) is 47.6 Å². The molecule has 0 spiro atoms. The zero-order chi connectivity index (χ0) is 33.0. The SMILES string of the molecule is C#C/C=C\c1cc(O)cc(-c2ccc3c(N4CC5CCC(C4)N5)nc(OCC4(CN5CC6CCC(O)C6C5)CC4)nc3c2F)c1CC#C. The van der Waals surface area contributed by atoms with Crippen LogP contribution in [-0.2, 0) is 6.42 Å². The number of aromatic nitrogens is 2. The van der Waals surface area contributed by atoms with Gasteiger partial charge in [-0.25, -0.2) is 4.39 Å². The van der Waals surface area contributed by atoms with Crippen LogP contribution in [0.2, 0.25) is 0 Å². The van der Waals surface area contributed by atoms with Crippen LogP contribution < -0.4 is 15.0 Å². The average molecular weight is 648 g/mol. The van der Waals surface area contributed by atoms with E-state index in [4.69, 9.17) is 27.6 Å². The third-order valence-corrected chi connectivity index (χ3v) is 11.4. The molecule has 2 aromatic carbocycles. The van der Waals surface area contributed by atoms with Gasteiger partial charge in [-0.05, 0) is 91.5 Å². The fourth-order valence-corrected chi connectivity index (χ4v) is 8.79. The lowest BCUT2D eigenvalue weighted by atomic mass is 9.91. The Morgan fingerprint density at radius 2 is 1.85 bits per heavy atom. The van der Waals surface area contributed by atoms with Crippen molar-refractivity contribution in [2.75, 3.05) is 44.2 Å². The van der Waals surface area contributed by atoms with Crippen LogP contribution in [0.15, 0.2) is 30.3 Å². The number of hydrogen-bond donors (Lipinski definition) is 3. The van der Waals surface area contributed by atoms with Crippen molar-refractivity contribution >= 4 is 22.8 Å². The number of aliphatic hydroxyl groups is 1. The quantitative estimate of drug-likeness (QED) is 0.287. The van der Waals surface area contributed by atoms with Gasteiger partial charge in [0.15, 0.2) is 5.82 Å². The van der Waals surface area contributed by atoms with Crippen LogP contribution in [-0.4, -0.2) is 82.6 Å². The second kappa shape index (κ2) is 12.4. The minimum atomic E-state index is -0.516. The summed E-state index contributed by atoms with van der Waals surface area (Å²) < 4.78 is 23.3. The number of halogens is 1. The van der Waals surface area contributed by atoms with Gasteiger partial charge in [0.2, 0.25) is 0 Å². The second-order valence-electron chi connectivity index (χ2n) is 14.7. The number of phenolic OH excluding ortho intramolecular Hbond substituents is 1. The smallest absolute Gasteiger partial charge is 0.319 e. The highest BCUT2D eigenvalue weighted by atomic mass is 19.1. The van der Waals surface area contributed by atoms with Crippen LogP contribution in [0.5, 0.6) is 11.8 Å². The van der Waals surface area contributed by atoms with E-state index in [0.29, 0.717) is 58.4 Å². The van der Waals surface area contributed by atoms with E-state index in [0.717, 1.165) is 71.2 Å². The fraction of sp³-hybridized carbons (Fsp3) is 0.487. The molecule has 2 bridgehead atoms. The minimum Gasteiger partial charge on any atom is -0.508 e. The van der Waals surface area contributed by atoms with Gasteiger partial charge in [-0.2, -0.15) is 9.97 Å². The molecule has 9 heteroatoms. The summed E-state index contributed by atoms with van der Waals surface area (Å²) in [5.41, 5.74) is 2.30. The van der Waals surface area contributed by atoms with Crippen molar-refractivity contribution in [2.45, 2.75) is 63.1 Å². The summed E-state index contributed by atoms with van der Waals surface area (Å²) >= 11 is 0. The van der Waals surface area contributed by atoms with Gasteiger partial charge in [-0.3, -0.25) is 0 Å². The van der Waals surface area contributed by atoms with E-state index in [-0.39, 0.29) is 40.8 Å². The zero-order valence-corrected chi connectivity index (χ0v) is 27.2. The number of terminal acetylenes is 2. The maximum Gasteiger partial charge on any atom is 0.319 e. The highest BCUT2D eigenvalue weighted by molar-refractivity contribution is 5.94. The molecule has 5 atom stereocenters. The fourth-order valence-electron chi connectivity index (χ4n) is 8.79. The van der Waals surface area contributed by atoms with Crippen LogP contribution >= 0.6 is 0 Å². The number of aliphatic hydroxyl groups excluding tert-OH is 1. The third kappa shape index (κ3) is 5.79. The number of nitrogens with zero attached hydrogens (tertiary/aromatic N) is 4. The predicted molar refractivity (Wildman–Crippen MR) is 185 cm³/mol. The third-order valence-electron chi connectivity index (χ3n) is 11.4. The van der Waals surface area contributed by atoms with Gasteiger partial charge in [-0.1, -0.05) is 12.0 Å². The molecule has 5 fully saturated rings. The summed E-state index contributed by atoms with van der Waals surface area (Å²) in [6.45, 7) is 4.93. The highest BCUT2D eigenvalue weighted by Crippen LogP contribution is 2.49. The molecule has 3 aliphatic heterocycles. The van der Waals surface area contributed by atoms with Crippen molar-refractivity contribution in [3.63, 3.8) is 0 Å². The standard InChI is InChI=1S/C39H42FN5O3/c1-3-5-7-24-16-28(46)17-32(29(24)6-4-2)30-11-12-31-36(35(30)40)42-38(43-37(31)45-19-26-9-10-27(20-45)41-26)48-23-39(14-15-39)22-44-18-25-8-13-34(47)33(25)21-44/h1-2,5,7,11-12,16-17,25-27,33-34,41,46-47H,6,8-10,13-15,18-23H2/b7-5-. The molecule has 8 rings (SSSR count). The zero-order valence-electron chi connectivity index (χ0n) is 27.2. The molecule has 3 aromatic rings. The normalized spacial score (nSPS) is 27.3. The number of nitrogens with one attached hydrogen (secondary N) is 1. The largest absolute Gasteiger partial charge is 0.508 e. The first kappa shape index (κ1) is 31.1. The summed E-state index contributed by atoms with van der Waals surface area (Å²) in [6.07, 6.45) is 20.9. The lowest BCUT2D eigenvalue weighted by molar-refractivity contribution is 0.116. The summed E-state index contributed by atoms with van der Waals surface area (Å²) in [5, 5.41) is 25.4. The molecular weight excluding hydrogens is 605 g/mol. The number of hydrogen-bond acceptors (Lipinski definition) is 8. The van der Waals surface area contributed by atoms with Crippen molar-refractivity contribution in [3.05, 3.63) is 47.3 Å². The predicted octanol–water partition coefficient (Wildman–Crippen LogP) is 4.77. The van der Waals surface area contributed by atoms with E-state index in [2.05, 4.69) is 27.0 Å².